The van der Waals surface area contributed by atoms with Gasteiger partial charge in [0, 0.05) is 41.8 Å². The minimum absolute atomic E-state index is 0.657. The first-order valence-electron chi connectivity index (χ1n) is 11.1. The van der Waals surface area contributed by atoms with Gasteiger partial charge in [0.25, 0.3) is 0 Å². The van der Waals surface area contributed by atoms with Crippen molar-refractivity contribution in [2.75, 3.05) is 4.90 Å². The molecule has 0 bridgehead atoms. The predicted molar refractivity (Wildman–Crippen MR) is 140 cm³/mol. The highest BCUT2D eigenvalue weighted by Gasteiger charge is 2.15. The summed E-state index contributed by atoms with van der Waals surface area (Å²) in [6, 6.07) is 34.9. The Morgan fingerprint density at radius 3 is 2.38 bits per heavy atom. The number of hydrogen-bond acceptors (Lipinski definition) is 3. The molecular weight excluding hydrogens is 438 g/mol. The van der Waals surface area contributed by atoms with Crippen LogP contribution in [0.3, 0.4) is 0 Å². The molecule has 4 heteroatoms. The summed E-state index contributed by atoms with van der Waals surface area (Å²) in [7, 11) is 0. The Kier molecular flexibility index (Phi) is 6.25. The van der Waals surface area contributed by atoms with E-state index < -0.39 is 0 Å². The van der Waals surface area contributed by atoms with Gasteiger partial charge >= 0.3 is 0 Å². The third kappa shape index (κ3) is 4.64. The first-order chi connectivity index (χ1) is 16.7. The van der Waals surface area contributed by atoms with Crippen molar-refractivity contribution >= 4 is 28.1 Å². The zero-order chi connectivity index (χ0) is 23.3. The number of pyridine rings is 1. The molecule has 0 fully saturated rings. The maximum atomic E-state index is 9.90. The summed E-state index contributed by atoms with van der Waals surface area (Å²) in [5.41, 5.74) is 5.91. The second kappa shape index (κ2) is 9.79. The van der Waals surface area contributed by atoms with Gasteiger partial charge < -0.3 is 4.90 Å². The second-order valence-corrected chi connectivity index (χ2v) is 8.65. The van der Waals surface area contributed by atoms with Crippen LogP contribution in [0.15, 0.2) is 109 Å². The summed E-state index contributed by atoms with van der Waals surface area (Å²) >= 11 is 6.27. The minimum atomic E-state index is 0.657. The van der Waals surface area contributed by atoms with E-state index in [1.54, 1.807) is 6.20 Å². The summed E-state index contributed by atoms with van der Waals surface area (Å²) in [4.78, 5) is 6.58. The van der Waals surface area contributed by atoms with Gasteiger partial charge in [-0.1, -0.05) is 72.3 Å². The van der Waals surface area contributed by atoms with Crippen molar-refractivity contribution in [2.45, 2.75) is 13.1 Å². The molecule has 164 valence electrons. The first kappa shape index (κ1) is 21.7. The molecule has 0 spiro atoms. The van der Waals surface area contributed by atoms with Crippen LogP contribution in [0.4, 0.5) is 5.69 Å². The van der Waals surface area contributed by atoms with E-state index in [9.17, 15) is 5.26 Å². The zero-order valence-electron chi connectivity index (χ0n) is 18.5. The fourth-order valence-electron chi connectivity index (χ4n) is 4.32. The van der Waals surface area contributed by atoms with Crippen LogP contribution in [-0.2, 0) is 13.1 Å². The molecule has 0 saturated carbocycles. The van der Waals surface area contributed by atoms with Crippen molar-refractivity contribution in [1.29, 1.82) is 5.26 Å². The number of anilines is 1. The molecular formula is C30H22ClN3. The summed E-state index contributed by atoms with van der Waals surface area (Å²) in [5, 5.41) is 12.9. The lowest BCUT2D eigenvalue weighted by Gasteiger charge is -2.26. The minimum Gasteiger partial charge on any atom is -0.363 e. The van der Waals surface area contributed by atoms with Crippen molar-refractivity contribution in [1.82, 2.24) is 4.98 Å². The van der Waals surface area contributed by atoms with Crippen molar-refractivity contribution < 1.29 is 0 Å². The van der Waals surface area contributed by atoms with Gasteiger partial charge in [0.05, 0.1) is 11.6 Å². The van der Waals surface area contributed by atoms with E-state index in [1.165, 1.54) is 0 Å². The van der Waals surface area contributed by atoms with Crippen molar-refractivity contribution in [2.24, 2.45) is 0 Å². The van der Waals surface area contributed by atoms with Crippen molar-refractivity contribution in [3.05, 3.63) is 131 Å². The fraction of sp³-hybridized carbons (Fsp3) is 0.0667. The molecule has 0 aliphatic heterocycles. The third-order valence-corrected chi connectivity index (χ3v) is 6.16. The Hall–Kier alpha value is -4.13. The number of hydrogen-bond donors (Lipinski definition) is 0. The molecule has 5 rings (SSSR count). The molecule has 4 aromatic carbocycles. The van der Waals surface area contributed by atoms with Crippen LogP contribution in [0, 0.1) is 11.3 Å². The summed E-state index contributed by atoms with van der Waals surface area (Å²) in [6.07, 6.45) is 3.67. The number of rotatable bonds is 6. The normalized spacial score (nSPS) is 10.7. The quantitative estimate of drug-likeness (QED) is 0.262. The maximum absolute atomic E-state index is 9.90. The molecule has 1 heterocycles. The summed E-state index contributed by atoms with van der Waals surface area (Å²) < 4.78 is 0. The Morgan fingerprint density at radius 1 is 0.765 bits per heavy atom. The number of aromatic nitrogens is 1. The van der Waals surface area contributed by atoms with Gasteiger partial charge in [-0.05, 0) is 63.9 Å². The Labute approximate surface area is 204 Å². The highest BCUT2D eigenvalue weighted by molar-refractivity contribution is 6.30. The first-order valence-corrected chi connectivity index (χ1v) is 11.5. The number of benzene rings is 4. The smallest absolute Gasteiger partial charge is 0.0998 e. The van der Waals surface area contributed by atoms with Crippen molar-refractivity contribution in [3.8, 4) is 17.2 Å². The number of fused-ring (bicyclic) bond motifs is 1. The van der Waals surface area contributed by atoms with E-state index in [2.05, 4.69) is 58.4 Å². The Morgan fingerprint density at radius 2 is 1.56 bits per heavy atom. The lowest BCUT2D eigenvalue weighted by molar-refractivity contribution is 0.797. The molecule has 34 heavy (non-hydrogen) atoms. The molecule has 0 N–H and O–H groups in total. The largest absolute Gasteiger partial charge is 0.363 e. The third-order valence-electron chi connectivity index (χ3n) is 5.93. The van der Waals surface area contributed by atoms with Gasteiger partial charge in [-0.15, -0.1) is 0 Å². The van der Waals surface area contributed by atoms with Crippen LogP contribution < -0.4 is 4.90 Å². The van der Waals surface area contributed by atoms with E-state index in [1.807, 2.05) is 60.8 Å². The molecule has 1 aromatic heterocycles. The monoisotopic (exact) mass is 459 g/mol. The maximum Gasteiger partial charge on any atom is 0.0998 e. The van der Waals surface area contributed by atoms with Crippen molar-refractivity contribution in [3.63, 3.8) is 0 Å². The van der Waals surface area contributed by atoms with Crippen LogP contribution in [0.1, 0.15) is 16.7 Å². The zero-order valence-corrected chi connectivity index (χ0v) is 19.3. The second-order valence-electron chi connectivity index (χ2n) is 8.22. The van der Waals surface area contributed by atoms with Crippen LogP contribution in [0.25, 0.3) is 21.9 Å². The van der Waals surface area contributed by atoms with E-state index >= 15 is 0 Å². The number of nitriles is 1. The summed E-state index contributed by atoms with van der Waals surface area (Å²) in [6.45, 7) is 1.36. The molecule has 0 atom stereocenters. The predicted octanol–water partition coefficient (Wildman–Crippen LogP) is 7.63. The Balaban J connectivity index is 1.62. The van der Waals surface area contributed by atoms with Crippen LogP contribution in [-0.4, -0.2) is 4.98 Å². The van der Waals surface area contributed by atoms with Crippen LogP contribution in [0.5, 0.6) is 0 Å². The molecule has 3 nitrogen and oxygen atoms in total. The van der Waals surface area contributed by atoms with Gasteiger partial charge in [-0.25, -0.2) is 0 Å². The highest BCUT2D eigenvalue weighted by atomic mass is 35.5. The molecule has 0 unspecified atom stereocenters. The SMILES string of the molecule is N#Cc1ccc(N(Cc2cccnc2)Cc2cccc(Cl)c2)cc1-c1cccc2ccccc12. The van der Waals surface area contributed by atoms with Gasteiger partial charge in [0.2, 0.25) is 0 Å². The number of halogens is 1. The van der Waals surface area contributed by atoms with Gasteiger partial charge in [0.15, 0.2) is 0 Å². The van der Waals surface area contributed by atoms with E-state index in [-0.39, 0.29) is 0 Å². The van der Waals surface area contributed by atoms with Crippen LogP contribution >= 0.6 is 11.6 Å². The lowest BCUT2D eigenvalue weighted by Crippen LogP contribution is -2.22. The molecule has 5 aromatic rings. The fourth-order valence-corrected chi connectivity index (χ4v) is 4.53. The molecule has 0 aliphatic rings. The van der Waals surface area contributed by atoms with Crippen LogP contribution in [0.2, 0.25) is 5.02 Å². The summed E-state index contributed by atoms with van der Waals surface area (Å²) in [5.74, 6) is 0. The van der Waals surface area contributed by atoms with E-state index in [4.69, 9.17) is 11.6 Å². The molecule has 0 aliphatic carbocycles. The van der Waals surface area contributed by atoms with Gasteiger partial charge in [-0.3, -0.25) is 4.98 Å². The molecule has 0 saturated heterocycles. The van der Waals surface area contributed by atoms with Gasteiger partial charge in [0.1, 0.15) is 0 Å². The molecule has 0 radical (unpaired) electrons. The average Bonchev–Trinajstić information content (AvgIpc) is 2.88. The topological polar surface area (TPSA) is 39.9 Å². The standard InChI is InChI=1S/C30H22ClN3/c31-26-10-3-6-22(16-26)20-34(21-23-7-5-15-33-19-23)27-14-13-25(18-32)30(17-27)29-12-4-9-24-8-1-2-11-28(24)29/h1-17,19H,20-21H2. The Bertz CT molecular complexity index is 1480. The lowest BCUT2D eigenvalue weighted by atomic mass is 9.94. The average molecular weight is 460 g/mol. The molecule has 0 amide bonds. The van der Waals surface area contributed by atoms with E-state index in [0.29, 0.717) is 18.7 Å². The highest BCUT2D eigenvalue weighted by Crippen LogP contribution is 2.34. The van der Waals surface area contributed by atoms with Gasteiger partial charge in [-0.2, -0.15) is 5.26 Å². The van der Waals surface area contributed by atoms with E-state index in [0.717, 1.165) is 43.7 Å². The number of nitrogens with zero attached hydrogens (tertiary/aromatic N) is 3.